The Morgan fingerprint density at radius 3 is 2.67 bits per heavy atom. The zero-order valence-corrected chi connectivity index (χ0v) is 13.3. The van der Waals surface area contributed by atoms with Crippen LogP contribution < -0.4 is 5.32 Å². The minimum atomic E-state index is -0.990. The Balaban J connectivity index is 2.28. The number of pyridine rings is 1. The second kappa shape index (κ2) is 6.12. The van der Waals surface area contributed by atoms with Crippen LogP contribution in [0.15, 0.2) is 42.5 Å². The fourth-order valence-corrected chi connectivity index (χ4v) is 2.84. The number of carboxylic acids is 1. The smallest absolute Gasteiger partial charge is 0.336 e. The standard InChI is InChI=1S/C19H16N2O3/c1-11-6-12(2)18-15(7-11)16(19(23)24)9-17(21-18)13-4-3-5-14(8-13)20-10-22/h3-10H,1-2H3,(H,20,22)(H,23,24). The zero-order valence-electron chi connectivity index (χ0n) is 13.3. The van der Waals surface area contributed by atoms with Gasteiger partial charge in [0.15, 0.2) is 0 Å². The summed E-state index contributed by atoms with van der Waals surface area (Å²) in [5.74, 6) is -0.990. The lowest BCUT2D eigenvalue weighted by Gasteiger charge is -2.11. The number of fused-ring (bicyclic) bond motifs is 1. The maximum Gasteiger partial charge on any atom is 0.336 e. The number of carbonyl (C=O) groups is 2. The van der Waals surface area contributed by atoms with Crippen molar-refractivity contribution < 1.29 is 14.7 Å². The van der Waals surface area contributed by atoms with Gasteiger partial charge >= 0.3 is 5.97 Å². The van der Waals surface area contributed by atoms with E-state index < -0.39 is 5.97 Å². The number of aryl methyl sites for hydroxylation is 2. The van der Waals surface area contributed by atoms with Crippen molar-refractivity contribution in [2.24, 2.45) is 0 Å². The average molecular weight is 320 g/mol. The molecular weight excluding hydrogens is 304 g/mol. The van der Waals surface area contributed by atoms with Gasteiger partial charge in [0.05, 0.1) is 16.8 Å². The van der Waals surface area contributed by atoms with Gasteiger partial charge in [0.2, 0.25) is 6.41 Å². The fourth-order valence-electron chi connectivity index (χ4n) is 2.84. The number of hydrogen-bond acceptors (Lipinski definition) is 3. The molecule has 5 nitrogen and oxygen atoms in total. The van der Waals surface area contributed by atoms with Crippen molar-refractivity contribution in [3.05, 3.63) is 59.2 Å². The van der Waals surface area contributed by atoms with Crippen LogP contribution >= 0.6 is 0 Å². The Labute approximate surface area is 139 Å². The highest BCUT2D eigenvalue weighted by Crippen LogP contribution is 2.29. The van der Waals surface area contributed by atoms with Crippen LogP contribution in [0.1, 0.15) is 21.5 Å². The third-order valence-corrected chi connectivity index (χ3v) is 3.86. The Hall–Kier alpha value is -3.21. The van der Waals surface area contributed by atoms with Crippen molar-refractivity contribution in [3.63, 3.8) is 0 Å². The number of rotatable bonds is 4. The van der Waals surface area contributed by atoms with E-state index in [2.05, 4.69) is 10.3 Å². The van der Waals surface area contributed by atoms with Crippen molar-refractivity contribution in [1.82, 2.24) is 4.98 Å². The van der Waals surface area contributed by atoms with Gasteiger partial charge in [-0.2, -0.15) is 0 Å². The monoisotopic (exact) mass is 320 g/mol. The summed E-state index contributed by atoms with van der Waals surface area (Å²) < 4.78 is 0. The number of nitrogens with one attached hydrogen (secondary N) is 1. The highest BCUT2D eigenvalue weighted by Gasteiger charge is 2.15. The average Bonchev–Trinajstić information content (AvgIpc) is 2.54. The number of aromatic carboxylic acids is 1. The van der Waals surface area contributed by atoms with Gasteiger partial charge in [-0.1, -0.05) is 23.8 Å². The first-order chi connectivity index (χ1) is 11.5. The molecule has 0 saturated carbocycles. The van der Waals surface area contributed by atoms with Gasteiger partial charge in [0, 0.05) is 16.6 Å². The minimum absolute atomic E-state index is 0.218. The molecule has 0 atom stereocenters. The van der Waals surface area contributed by atoms with Crippen molar-refractivity contribution in [2.45, 2.75) is 13.8 Å². The molecule has 2 aromatic carbocycles. The normalized spacial score (nSPS) is 10.6. The largest absolute Gasteiger partial charge is 0.478 e. The van der Waals surface area contributed by atoms with Crippen LogP contribution in [0.2, 0.25) is 0 Å². The molecule has 0 bridgehead atoms. The molecule has 120 valence electrons. The van der Waals surface area contributed by atoms with Crippen LogP contribution in [-0.2, 0) is 4.79 Å². The summed E-state index contributed by atoms with van der Waals surface area (Å²) in [5.41, 5.74) is 4.74. The van der Waals surface area contributed by atoms with Crippen LogP contribution in [0, 0.1) is 13.8 Å². The van der Waals surface area contributed by atoms with E-state index in [4.69, 9.17) is 0 Å². The van der Waals surface area contributed by atoms with Crippen LogP contribution in [0.25, 0.3) is 22.2 Å². The number of carbonyl (C=O) groups excluding carboxylic acids is 1. The molecule has 3 aromatic rings. The number of amides is 1. The Morgan fingerprint density at radius 2 is 1.96 bits per heavy atom. The molecule has 0 unspecified atom stereocenters. The number of benzene rings is 2. The predicted molar refractivity (Wildman–Crippen MR) is 93.3 cm³/mol. The van der Waals surface area contributed by atoms with Crippen molar-refractivity contribution >= 4 is 29.0 Å². The molecule has 1 aromatic heterocycles. The van der Waals surface area contributed by atoms with E-state index in [0.29, 0.717) is 28.7 Å². The summed E-state index contributed by atoms with van der Waals surface area (Å²) in [6, 6.07) is 12.5. The number of hydrogen-bond donors (Lipinski definition) is 2. The Bertz CT molecular complexity index is 964. The van der Waals surface area contributed by atoms with E-state index in [1.54, 1.807) is 24.3 Å². The lowest BCUT2D eigenvalue weighted by atomic mass is 10.00. The van der Waals surface area contributed by atoms with Gasteiger partial charge in [0.25, 0.3) is 0 Å². The topological polar surface area (TPSA) is 79.3 Å². The molecule has 3 rings (SSSR count). The number of nitrogens with zero attached hydrogens (tertiary/aromatic N) is 1. The Morgan fingerprint density at radius 1 is 1.17 bits per heavy atom. The molecule has 24 heavy (non-hydrogen) atoms. The van der Waals surface area contributed by atoms with Crippen molar-refractivity contribution in [2.75, 3.05) is 5.32 Å². The SMILES string of the molecule is Cc1cc(C)c2nc(-c3cccc(NC=O)c3)cc(C(=O)O)c2c1. The third kappa shape index (κ3) is 2.84. The quantitative estimate of drug-likeness (QED) is 0.717. The van der Waals surface area contributed by atoms with Crippen molar-refractivity contribution in [3.8, 4) is 11.3 Å². The van der Waals surface area contributed by atoms with E-state index in [9.17, 15) is 14.7 Å². The maximum absolute atomic E-state index is 11.7. The maximum atomic E-state index is 11.7. The van der Waals surface area contributed by atoms with E-state index in [-0.39, 0.29) is 5.56 Å². The summed E-state index contributed by atoms with van der Waals surface area (Å²) in [4.78, 5) is 27.0. The molecule has 0 aliphatic carbocycles. The van der Waals surface area contributed by atoms with E-state index >= 15 is 0 Å². The second-order valence-electron chi connectivity index (χ2n) is 5.68. The first-order valence-corrected chi connectivity index (χ1v) is 7.45. The molecule has 0 fully saturated rings. The van der Waals surface area contributed by atoms with E-state index in [0.717, 1.165) is 16.7 Å². The highest BCUT2D eigenvalue weighted by atomic mass is 16.4. The first kappa shape index (κ1) is 15.7. The molecule has 1 heterocycles. The summed E-state index contributed by atoms with van der Waals surface area (Å²) in [6.45, 7) is 3.85. The van der Waals surface area contributed by atoms with Crippen LogP contribution in [0.3, 0.4) is 0 Å². The number of anilines is 1. The lowest BCUT2D eigenvalue weighted by molar-refractivity contribution is -0.105. The predicted octanol–water partition coefficient (Wildman–Crippen LogP) is 3.79. The molecule has 0 spiro atoms. The fraction of sp³-hybridized carbons (Fsp3) is 0.105. The first-order valence-electron chi connectivity index (χ1n) is 7.45. The highest BCUT2D eigenvalue weighted by molar-refractivity contribution is 6.04. The van der Waals surface area contributed by atoms with Crippen molar-refractivity contribution in [1.29, 1.82) is 0 Å². The minimum Gasteiger partial charge on any atom is -0.478 e. The summed E-state index contributed by atoms with van der Waals surface area (Å²) in [5, 5.41) is 12.8. The molecule has 0 radical (unpaired) electrons. The zero-order chi connectivity index (χ0) is 17.3. The lowest BCUT2D eigenvalue weighted by Crippen LogP contribution is -2.02. The second-order valence-corrected chi connectivity index (χ2v) is 5.68. The summed E-state index contributed by atoms with van der Waals surface area (Å²) in [7, 11) is 0. The van der Waals surface area contributed by atoms with E-state index in [1.165, 1.54) is 0 Å². The summed E-state index contributed by atoms with van der Waals surface area (Å²) >= 11 is 0. The molecule has 1 amide bonds. The van der Waals surface area contributed by atoms with Crippen LogP contribution in [-0.4, -0.2) is 22.5 Å². The molecule has 2 N–H and O–H groups in total. The van der Waals surface area contributed by atoms with Gasteiger partial charge < -0.3 is 10.4 Å². The molecule has 0 aliphatic rings. The van der Waals surface area contributed by atoms with E-state index in [1.807, 2.05) is 32.0 Å². The van der Waals surface area contributed by atoms with Gasteiger partial charge in [-0.25, -0.2) is 9.78 Å². The summed E-state index contributed by atoms with van der Waals surface area (Å²) in [6.07, 6.45) is 0.600. The molecule has 0 saturated heterocycles. The molecule has 5 heteroatoms. The Kier molecular flexibility index (Phi) is 4.00. The number of aromatic nitrogens is 1. The number of carboxylic acid groups (broad SMARTS) is 1. The van der Waals surface area contributed by atoms with Crippen LogP contribution in [0.5, 0.6) is 0 Å². The molecular formula is C19H16N2O3. The van der Waals surface area contributed by atoms with Gasteiger partial charge in [-0.15, -0.1) is 0 Å². The van der Waals surface area contributed by atoms with Gasteiger partial charge in [-0.3, -0.25) is 4.79 Å². The van der Waals surface area contributed by atoms with Gasteiger partial charge in [-0.05, 0) is 43.7 Å². The molecule has 0 aliphatic heterocycles. The van der Waals surface area contributed by atoms with Gasteiger partial charge in [0.1, 0.15) is 0 Å². The third-order valence-electron chi connectivity index (χ3n) is 3.86. The van der Waals surface area contributed by atoms with Crippen LogP contribution in [0.4, 0.5) is 5.69 Å².